The standard InChI is InChI=1S/C14H21FN2/c1-14(2)6-8-17(9-7-14)13-11(10-16)4-3-5-12(13)15/h3-5H,6-10,16H2,1-2H3. The topological polar surface area (TPSA) is 29.3 Å². The molecule has 94 valence electrons. The monoisotopic (exact) mass is 236 g/mol. The highest BCUT2D eigenvalue weighted by Gasteiger charge is 2.27. The summed E-state index contributed by atoms with van der Waals surface area (Å²) in [5.41, 5.74) is 7.69. The van der Waals surface area contributed by atoms with Crippen LogP contribution in [0, 0.1) is 11.2 Å². The van der Waals surface area contributed by atoms with E-state index in [-0.39, 0.29) is 5.82 Å². The van der Waals surface area contributed by atoms with Gasteiger partial charge in [0.05, 0.1) is 5.69 Å². The van der Waals surface area contributed by atoms with Crippen molar-refractivity contribution in [1.82, 2.24) is 0 Å². The lowest BCUT2D eigenvalue weighted by molar-refractivity contribution is 0.278. The van der Waals surface area contributed by atoms with Crippen molar-refractivity contribution in [2.45, 2.75) is 33.2 Å². The van der Waals surface area contributed by atoms with E-state index in [1.165, 1.54) is 6.07 Å². The average Bonchev–Trinajstić information content (AvgIpc) is 2.29. The molecule has 0 radical (unpaired) electrons. The molecule has 0 bridgehead atoms. The Balaban J connectivity index is 2.23. The number of benzene rings is 1. The third-order valence-corrected chi connectivity index (χ3v) is 3.72. The average molecular weight is 236 g/mol. The van der Waals surface area contributed by atoms with Crippen molar-refractivity contribution in [3.8, 4) is 0 Å². The maximum Gasteiger partial charge on any atom is 0.146 e. The molecular weight excluding hydrogens is 215 g/mol. The summed E-state index contributed by atoms with van der Waals surface area (Å²) in [6, 6.07) is 5.17. The van der Waals surface area contributed by atoms with Crippen molar-refractivity contribution >= 4 is 5.69 Å². The lowest BCUT2D eigenvalue weighted by Crippen LogP contribution is -2.38. The van der Waals surface area contributed by atoms with Crippen LogP contribution >= 0.6 is 0 Å². The van der Waals surface area contributed by atoms with Gasteiger partial charge < -0.3 is 10.6 Å². The summed E-state index contributed by atoms with van der Waals surface area (Å²) in [5.74, 6) is -0.146. The Bertz CT molecular complexity index is 391. The van der Waals surface area contributed by atoms with Crippen LogP contribution in [0.3, 0.4) is 0 Å². The van der Waals surface area contributed by atoms with E-state index in [4.69, 9.17) is 5.73 Å². The number of para-hydroxylation sites is 1. The van der Waals surface area contributed by atoms with Gasteiger partial charge in [-0.2, -0.15) is 0 Å². The molecule has 1 aromatic carbocycles. The normalized spacial score (nSPS) is 19.4. The molecule has 0 atom stereocenters. The third kappa shape index (κ3) is 2.60. The van der Waals surface area contributed by atoms with Gasteiger partial charge in [0, 0.05) is 19.6 Å². The van der Waals surface area contributed by atoms with Crippen LogP contribution in [0.25, 0.3) is 0 Å². The van der Waals surface area contributed by atoms with Crippen molar-refractivity contribution in [1.29, 1.82) is 0 Å². The minimum atomic E-state index is -0.146. The zero-order valence-corrected chi connectivity index (χ0v) is 10.7. The molecule has 1 fully saturated rings. The summed E-state index contributed by atoms with van der Waals surface area (Å²) in [6.45, 7) is 6.78. The summed E-state index contributed by atoms with van der Waals surface area (Å²) in [5, 5.41) is 0. The highest BCUT2D eigenvalue weighted by Crippen LogP contribution is 2.34. The number of anilines is 1. The van der Waals surface area contributed by atoms with Gasteiger partial charge in [-0.1, -0.05) is 26.0 Å². The Morgan fingerprint density at radius 3 is 2.53 bits per heavy atom. The largest absolute Gasteiger partial charge is 0.369 e. The van der Waals surface area contributed by atoms with Gasteiger partial charge in [-0.15, -0.1) is 0 Å². The van der Waals surface area contributed by atoms with Crippen LogP contribution in [0.1, 0.15) is 32.3 Å². The molecule has 1 aliphatic rings. The van der Waals surface area contributed by atoms with Crippen LogP contribution < -0.4 is 10.6 Å². The Kier molecular flexibility index (Phi) is 3.38. The molecule has 0 aliphatic carbocycles. The van der Waals surface area contributed by atoms with Crippen molar-refractivity contribution < 1.29 is 4.39 Å². The lowest BCUT2D eigenvalue weighted by atomic mass is 9.82. The minimum Gasteiger partial charge on any atom is -0.369 e. The van der Waals surface area contributed by atoms with Crippen LogP contribution in [0.15, 0.2) is 18.2 Å². The van der Waals surface area contributed by atoms with E-state index in [9.17, 15) is 4.39 Å². The predicted octanol–water partition coefficient (Wildman–Crippen LogP) is 2.91. The van der Waals surface area contributed by atoms with Crippen molar-refractivity contribution in [2.24, 2.45) is 11.1 Å². The molecule has 0 unspecified atom stereocenters. The molecule has 17 heavy (non-hydrogen) atoms. The molecule has 2 rings (SSSR count). The third-order valence-electron chi connectivity index (χ3n) is 3.72. The first-order chi connectivity index (χ1) is 8.03. The fourth-order valence-electron chi connectivity index (χ4n) is 2.41. The highest BCUT2D eigenvalue weighted by molar-refractivity contribution is 5.55. The van der Waals surface area contributed by atoms with Crippen LogP contribution in [-0.2, 0) is 6.54 Å². The van der Waals surface area contributed by atoms with Gasteiger partial charge >= 0.3 is 0 Å². The van der Waals surface area contributed by atoms with E-state index in [1.54, 1.807) is 6.07 Å². The van der Waals surface area contributed by atoms with Crippen LogP contribution in [0.4, 0.5) is 10.1 Å². The predicted molar refractivity (Wildman–Crippen MR) is 69.5 cm³/mol. The minimum absolute atomic E-state index is 0.146. The number of hydrogen-bond donors (Lipinski definition) is 1. The van der Waals surface area contributed by atoms with Gasteiger partial charge in [-0.05, 0) is 29.9 Å². The van der Waals surface area contributed by atoms with E-state index in [0.717, 1.165) is 31.5 Å². The van der Waals surface area contributed by atoms with Gasteiger partial charge in [0.2, 0.25) is 0 Å². The first-order valence-electron chi connectivity index (χ1n) is 6.26. The number of halogens is 1. The molecule has 0 aromatic heterocycles. The smallest absolute Gasteiger partial charge is 0.146 e. The van der Waals surface area contributed by atoms with E-state index in [1.807, 2.05) is 6.07 Å². The molecule has 1 saturated heterocycles. The van der Waals surface area contributed by atoms with Crippen molar-refractivity contribution in [3.05, 3.63) is 29.6 Å². The van der Waals surface area contributed by atoms with Gasteiger partial charge in [0.1, 0.15) is 5.82 Å². The molecule has 2 N–H and O–H groups in total. The van der Waals surface area contributed by atoms with E-state index in [2.05, 4.69) is 18.7 Å². The Morgan fingerprint density at radius 1 is 1.29 bits per heavy atom. The lowest BCUT2D eigenvalue weighted by Gasteiger charge is -2.39. The van der Waals surface area contributed by atoms with E-state index in [0.29, 0.717) is 17.6 Å². The number of piperidine rings is 1. The summed E-state index contributed by atoms with van der Waals surface area (Å²) in [7, 11) is 0. The van der Waals surface area contributed by atoms with Crippen LogP contribution in [0.2, 0.25) is 0 Å². The molecule has 2 nitrogen and oxygen atoms in total. The number of nitrogens with zero attached hydrogens (tertiary/aromatic N) is 1. The second-order valence-electron chi connectivity index (χ2n) is 5.60. The molecular formula is C14H21FN2. The van der Waals surface area contributed by atoms with Crippen LogP contribution in [0.5, 0.6) is 0 Å². The van der Waals surface area contributed by atoms with E-state index >= 15 is 0 Å². The quantitative estimate of drug-likeness (QED) is 0.855. The molecule has 0 spiro atoms. The second kappa shape index (κ2) is 4.65. The van der Waals surface area contributed by atoms with Gasteiger partial charge in [-0.25, -0.2) is 4.39 Å². The van der Waals surface area contributed by atoms with Gasteiger partial charge in [0.15, 0.2) is 0 Å². The first kappa shape index (κ1) is 12.4. The molecule has 0 saturated carbocycles. The highest BCUT2D eigenvalue weighted by atomic mass is 19.1. The molecule has 3 heteroatoms. The Morgan fingerprint density at radius 2 is 1.94 bits per heavy atom. The zero-order valence-electron chi connectivity index (χ0n) is 10.7. The summed E-state index contributed by atoms with van der Waals surface area (Å²) in [4.78, 5) is 2.14. The summed E-state index contributed by atoms with van der Waals surface area (Å²) in [6.07, 6.45) is 2.21. The van der Waals surface area contributed by atoms with E-state index < -0.39 is 0 Å². The van der Waals surface area contributed by atoms with Crippen LogP contribution in [-0.4, -0.2) is 13.1 Å². The van der Waals surface area contributed by atoms with Crippen molar-refractivity contribution in [2.75, 3.05) is 18.0 Å². The SMILES string of the molecule is CC1(C)CCN(c2c(F)cccc2CN)CC1. The van der Waals surface area contributed by atoms with Gasteiger partial charge in [0.25, 0.3) is 0 Å². The number of hydrogen-bond acceptors (Lipinski definition) is 2. The molecule has 1 heterocycles. The number of rotatable bonds is 2. The maximum absolute atomic E-state index is 13.9. The second-order valence-corrected chi connectivity index (χ2v) is 5.60. The first-order valence-corrected chi connectivity index (χ1v) is 6.26. The zero-order chi connectivity index (χ0) is 12.5. The fourth-order valence-corrected chi connectivity index (χ4v) is 2.41. The summed E-state index contributed by atoms with van der Waals surface area (Å²) < 4.78 is 13.9. The molecule has 0 amide bonds. The Labute approximate surface area is 103 Å². The molecule has 1 aromatic rings. The van der Waals surface area contributed by atoms with Crippen molar-refractivity contribution in [3.63, 3.8) is 0 Å². The van der Waals surface area contributed by atoms with Gasteiger partial charge in [-0.3, -0.25) is 0 Å². The summed E-state index contributed by atoms with van der Waals surface area (Å²) >= 11 is 0. The maximum atomic E-state index is 13.9. The Hall–Kier alpha value is -1.09. The fraction of sp³-hybridized carbons (Fsp3) is 0.571. The number of nitrogens with two attached hydrogens (primary N) is 1. The molecule has 1 aliphatic heterocycles.